The summed E-state index contributed by atoms with van der Waals surface area (Å²) in [6.07, 6.45) is 4.78. The molecule has 6 nitrogen and oxygen atoms in total. The molecule has 0 amide bonds. The summed E-state index contributed by atoms with van der Waals surface area (Å²) in [5.41, 5.74) is 2.33. The Kier molecular flexibility index (Phi) is 9.09. The normalized spacial score (nSPS) is 20.1. The molecular weight excluding hydrogens is 451 g/mol. The van der Waals surface area contributed by atoms with E-state index in [0.29, 0.717) is 12.3 Å². The van der Waals surface area contributed by atoms with Crippen LogP contribution in [0, 0.1) is 0 Å². The molecule has 1 heterocycles. The minimum absolute atomic E-state index is 0.145. The van der Waals surface area contributed by atoms with Crippen LogP contribution < -0.4 is 5.46 Å². The number of rotatable bonds is 11. The van der Waals surface area contributed by atoms with Gasteiger partial charge in [0.05, 0.1) is 17.8 Å². The lowest BCUT2D eigenvalue weighted by molar-refractivity contribution is -0.146. The van der Waals surface area contributed by atoms with Gasteiger partial charge in [0.1, 0.15) is 0 Å². The fraction of sp³-hybridized carbons (Fsp3) is 0.731. The number of ether oxygens (including phenoxy) is 1. The molecule has 1 aliphatic rings. The maximum Gasteiger partial charge on any atom is 0.495 e. The van der Waals surface area contributed by atoms with Gasteiger partial charge in [0.2, 0.25) is 0 Å². The van der Waals surface area contributed by atoms with Crippen molar-refractivity contribution in [1.29, 1.82) is 0 Å². The molecule has 0 saturated carbocycles. The van der Waals surface area contributed by atoms with Gasteiger partial charge in [0.25, 0.3) is 0 Å². The first-order valence-corrected chi connectivity index (χ1v) is 14.4. The predicted molar refractivity (Wildman–Crippen MR) is 138 cm³/mol. The van der Waals surface area contributed by atoms with E-state index in [2.05, 4.69) is 19.9 Å². The van der Waals surface area contributed by atoms with Gasteiger partial charge in [-0.3, -0.25) is 4.79 Å². The summed E-state index contributed by atoms with van der Waals surface area (Å²) in [4.78, 5) is 12.6. The molecule has 0 aliphatic carbocycles. The van der Waals surface area contributed by atoms with Gasteiger partial charge >= 0.3 is 13.1 Å². The topological polar surface area (TPSA) is 78.9 Å². The Morgan fingerprint density at radius 2 is 1.71 bits per heavy atom. The predicted octanol–water partition coefficient (Wildman–Crippen LogP) is 4.58. The van der Waals surface area contributed by atoms with Gasteiger partial charge < -0.3 is 14.0 Å². The first-order valence-electron chi connectivity index (χ1n) is 12.5. The molecule has 0 N–H and O–H groups in total. The molecule has 1 aromatic carbocycles. The summed E-state index contributed by atoms with van der Waals surface area (Å²) < 4.78 is 41.3. The number of hydrogen-bond acceptors (Lipinski definition) is 6. The van der Waals surface area contributed by atoms with E-state index >= 15 is 0 Å². The average Bonchev–Trinajstić information content (AvgIpc) is 2.96. The molecule has 2 rings (SSSR count). The largest absolute Gasteiger partial charge is 0.495 e. The quantitative estimate of drug-likeness (QED) is 0.331. The zero-order valence-corrected chi connectivity index (χ0v) is 23.3. The fourth-order valence-electron chi connectivity index (χ4n) is 4.35. The zero-order valence-electron chi connectivity index (χ0n) is 22.5. The van der Waals surface area contributed by atoms with Crippen LogP contribution in [0.3, 0.4) is 0 Å². The van der Waals surface area contributed by atoms with Crippen molar-refractivity contribution < 1.29 is 27.3 Å². The van der Waals surface area contributed by atoms with E-state index in [4.69, 9.17) is 14.0 Å². The second-order valence-electron chi connectivity index (χ2n) is 10.7. The zero-order chi connectivity index (χ0) is 25.9. The fourth-order valence-corrected chi connectivity index (χ4v) is 5.19. The van der Waals surface area contributed by atoms with Crippen LogP contribution in [-0.4, -0.2) is 50.3 Å². The van der Waals surface area contributed by atoms with Crippen LogP contribution in [0.5, 0.6) is 0 Å². The van der Waals surface area contributed by atoms with Crippen molar-refractivity contribution in [2.45, 2.75) is 109 Å². The standard InChI is InChI=1S/C26H43BO6S/c1-10-13-20(11-2)21-18-19(16-17-26(8,34(9,29)30)23(28)31-12-3)14-15-22(21)27-32-24(4,5)25(6,7)33-27/h14-15,18,20H,10-13,16-17H2,1-9H3. The second-order valence-corrected chi connectivity index (χ2v) is 13.1. The van der Waals surface area contributed by atoms with E-state index in [0.717, 1.165) is 36.5 Å². The molecule has 2 unspecified atom stereocenters. The van der Waals surface area contributed by atoms with Gasteiger partial charge in [-0.2, -0.15) is 0 Å². The van der Waals surface area contributed by atoms with E-state index in [1.54, 1.807) is 6.92 Å². The van der Waals surface area contributed by atoms with Gasteiger partial charge in [-0.15, -0.1) is 0 Å². The van der Waals surface area contributed by atoms with Crippen molar-refractivity contribution in [3.63, 3.8) is 0 Å². The molecule has 34 heavy (non-hydrogen) atoms. The molecule has 2 atom stereocenters. The lowest BCUT2D eigenvalue weighted by Gasteiger charge is -2.32. The minimum atomic E-state index is -3.66. The third-order valence-electron chi connectivity index (χ3n) is 7.64. The van der Waals surface area contributed by atoms with E-state index in [9.17, 15) is 13.2 Å². The van der Waals surface area contributed by atoms with Crippen molar-refractivity contribution in [2.75, 3.05) is 12.9 Å². The van der Waals surface area contributed by atoms with Crippen LogP contribution in [0.25, 0.3) is 0 Å². The monoisotopic (exact) mass is 494 g/mol. The first-order chi connectivity index (χ1) is 15.6. The molecule has 0 spiro atoms. The van der Waals surface area contributed by atoms with Gasteiger partial charge in [-0.05, 0) is 89.7 Å². The van der Waals surface area contributed by atoms with Gasteiger partial charge in [0, 0.05) is 6.26 Å². The maximum atomic E-state index is 12.6. The van der Waals surface area contributed by atoms with Crippen molar-refractivity contribution >= 4 is 28.4 Å². The number of aryl methyl sites for hydroxylation is 1. The van der Waals surface area contributed by atoms with Crippen LogP contribution in [0.4, 0.5) is 0 Å². The summed E-state index contributed by atoms with van der Waals surface area (Å²) in [5.74, 6) is -0.352. The van der Waals surface area contributed by atoms with E-state index in [-0.39, 0.29) is 13.0 Å². The lowest BCUT2D eigenvalue weighted by Crippen LogP contribution is -2.44. The Morgan fingerprint density at radius 3 is 2.18 bits per heavy atom. The number of sulfone groups is 1. The lowest BCUT2D eigenvalue weighted by atomic mass is 9.71. The van der Waals surface area contributed by atoms with Crippen LogP contribution in [0.15, 0.2) is 18.2 Å². The third kappa shape index (κ3) is 5.88. The summed E-state index contributed by atoms with van der Waals surface area (Å²) in [6.45, 7) is 15.8. The van der Waals surface area contributed by atoms with E-state index in [1.165, 1.54) is 12.5 Å². The minimum Gasteiger partial charge on any atom is -0.465 e. The average molecular weight is 495 g/mol. The van der Waals surface area contributed by atoms with Crippen molar-refractivity contribution in [3.05, 3.63) is 29.3 Å². The second kappa shape index (κ2) is 10.7. The van der Waals surface area contributed by atoms with Crippen molar-refractivity contribution in [3.8, 4) is 0 Å². The first kappa shape index (κ1) is 28.9. The number of hydrogen-bond donors (Lipinski definition) is 0. The number of carbonyl (C=O) groups excluding carboxylic acids is 1. The molecule has 192 valence electrons. The third-order valence-corrected chi connectivity index (χ3v) is 9.65. The van der Waals surface area contributed by atoms with E-state index < -0.39 is 38.9 Å². The summed E-state index contributed by atoms with van der Waals surface area (Å²) in [7, 11) is -4.12. The molecule has 0 bridgehead atoms. The molecule has 1 aromatic rings. The molecule has 1 fully saturated rings. The van der Waals surface area contributed by atoms with Gasteiger partial charge in [-0.1, -0.05) is 38.5 Å². The highest BCUT2D eigenvalue weighted by Gasteiger charge is 2.52. The van der Waals surface area contributed by atoms with Gasteiger partial charge in [-0.25, -0.2) is 8.42 Å². The summed E-state index contributed by atoms with van der Waals surface area (Å²) >= 11 is 0. The van der Waals surface area contributed by atoms with Crippen LogP contribution in [0.2, 0.25) is 0 Å². The number of benzene rings is 1. The molecule has 1 saturated heterocycles. The molecule has 8 heteroatoms. The molecule has 0 radical (unpaired) electrons. The molecule has 1 aliphatic heterocycles. The highest BCUT2D eigenvalue weighted by molar-refractivity contribution is 7.92. The Morgan fingerprint density at radius 1 is 1.12 bits per heavy atom. The van der Waals surface area contributed by atoms with Crippen LogP contribution in [0.1, 0.15) is 98.1 Å². The molecule has 0 aromatic heterocycles. The van der Waals surface area contributed by atoms with Crippen molar-refractivity contribution in [1.82, 2.24) is 0 Å². The summed E-state index contributed by atoms with van der Waals surface area (Å²) in [6, 6.07) is 6.20. The highest BCUT2D eigenvalue weighted by Crippen LogP contribution is 2.38. The van der Waals surface area contributed by atoms with Crippen LogP contribution in [-0.2, 0) is 35.1 Å². The highest BCUT2D eigenvalue weighted by atomic mass is 32.2. The van der Waals surface area contributed by atoms with Crippen LogP contribution >= 0.6 is 0 Å². The van der Waals surface area contributed by atoms with Crippen molar-refractivity contribution in [2.24, 2.45) is 0 Å². The SMILES string of the molecule is CCCC(CC)c1cc(CCC(C)(C(=O)OCC)S(C)(=O)=O)ccc1B1OC(C)(C)C(C)(C)O1. The van der Waals surface area contributed by atoms with Gasteiger partial charge in [0.15, 0.2) is 14.6 Å². The number of esters is 1. The van der Waals surface area contributed by atoms with E-state index in [1.807, 2.05) is 39.8 Å². The summed E-state index contributed by atoms with van der Waals surface area (Å²) in [5, 5.41) is 0. The number of carbonyl (C=O) groups is 1. The maximum absolute atomic E-state index is 12.6. The Labute approximate surface area is 207 Å². The smallest absolute Gasteiger partial charge is 0.465 e. The Hall–Kier alpha value is -1.38. The Bertz CT molecular complexity index is 956. The molecular formula is C26H43BO6S. The Balaban J connectivity index is 2.43.